The molecule has 0 spiro atoms. The zero-order valence-electron chi connectivity index (χ0n) is 9.59. The molecule has 0 aliphatic rings. The van der Waals surface area contributed by atoms with Crippen LogP contribution in [0.25, 0.3) is 0 Å². The fourth-order valence-electron chi connectivity index (χ4n) is 1.64. The van der Waals surface area contributed by atoms with Crippen LogP contribution in [0, 0.1) is 5.82 Å². The Bertz CT molecular complexity index is 643. The van der Waals surface area contributed by atoms with Crippen LogP contribution in [0.4, 0.5) is 4.39 Å². The summed E-state index contributed by atoms with van der Waals surface area (Å²) in [5.74, 6) is -0.701. The van der Waals surface area contributed by atoms with E-state index in [0.717, 1.165) is 11.6 Å². The van der Waals surface area contributed by atoms with Crippen molar-refractivity contribution >= 4 is 49.2 Å². The van der Waals surface area contributed by atoms with Gasteiger partial charge in [0.25, 0.3) is 0 Å². The van der Waals surface area contributed by atoms with Crippen LogP contribution in [0.1, 0.15) is 21.5 Å². The first-order chi connectivity index (χ1) is 9.02. The van der Waals surface area contributed by atoms with Gasteiger partial charge in [0.1, 0.15) is 5.82 Å². The molecule has 2 aromatic rings. The third-order valence-corrected chi connectivity index (χ3v) is 4.22. The van der Waals surface area contributed by atoms with E-state index < -0.39 is 5.82 Å². The van der Waals surface area contributed by atoms with E-state index in [9.17, 15) is 9.18 Å². The van der Waals surface area contributed by atoms with Crippen molar-refractivity contribution in [3.63, 3.8) is 0 Å². The first kappa shape index (κ1) is 14.7. The van der Waals surface area contributed by atoms with Gasteiger partial charge in [0, 0.05) is 20.9 Å². The lowest BCUT2D eigenvalue weighted by Crippen LogP contribution is -2.04. The van der Waals surface area contributed by atoms with Gasteiger partial charge >= 0.3 is 0 Å². The van der Waals surface area contributed by atoms with Crippen LogP contribution >= 0.6 is 43.5 Å². The predicted octanol–water partition coefficient (Wildman–Crippen LogP) is 5.37. The Kier molecular flexibility index (Phi) is 4.76. The van der Waals surface area contributed by atoms with E-state index in [2.05, 4.69) is 31.9 Å². The monoisotopic (exact) mass is 404 g/mol. The van der Waals surface area contributed by atoms with Gasteiger partial charge < -0.3 is 0 Å². The summed E-state index contributed by atoms with van der Waals surface area (Å²) >= 11 is 12.6. The van der Waals surface area contributed by atoms with Crippen LogP contribution < -0.4 is 0 Å². The standard InChI is InChI=1S/C14H8Br2ClFO/c15-7-8-1-3-10(12(16)5-8)14(19)11-4-2-9(18)6-13(11)17/h1-6H,7H2. The number of ketones is 1. The third-order valence-electron chi connectivity index (χ3n) is 2.61. The van der Waals surface area contributed by atoms with E-state index in [1.807, 2.05) is 12.1 Å². The molecule has 0 saturated heterocycles. The number of benzene rings is 2. The van der Waals surface area contributed by atoms with E-state index in [-0.39, 0.29) is 16.4 Å². The lowest BCUT2D eigenvalue weighted by Gasteiger charge is -2.07. The number of hydrogen-bond donors (Lipinski definition) is 0. The summed E-state index contributed by atoms with van der Waals surface area (Å²) in [5.41, 5.74) is 1.84. The van der Waals surface area contributed by atoms with Gasteiger partial charge in [-0.05, 0) is 35.9 Å². The Hall–Kier alpha value is -0.710. The Morgan fingerprint density at radius 2 is 1.84 bits per heavy atom. The molecule has 1 nitrogen and oxygen atoms in total. The van der Waals surface area contributed by atoms with Gasteiger partial charge in [0.05, 0.1) is 5.02 Å². The summed E-state index contributed by atoms with van der Waals surface area (Å²) in [6.07, 6.45) is 0. The second-order valence-electron chi connectivity index (χ2n) is 3.90. The van der Waals surface area contributed by atoms with Crippen LogP contribution in [-0.2, 0) is 5.33 Å². The second kappa shape index (κ2) is 6.16. The second-order valence-corrected chi connectivity index (χ2v) is 5.72. The molecule has 0 aliphatic carbocycles. The number of alkyl halides is 1. The molecule has 2 rings (SSSR count). The third kappa shape index (κ3) is 3.25. The molecule has 0 unspecified atom stereocenters. The Balaban J connectivity index is 2.44. The van der Waals surface area contributed by atoms with E-state index >= 15 is 0 Å². The van der Waals surface area contributed by atoms with Crippen molar-refractivity contribution in [2.45, 2.75) is 5.33 Å². The van der Waals surface area contributed by atoms with Crippen LogP contribution in [0.3, 0.4) is 0 Å². The number of carbonyl (C=O) groups is 1. The molecule has 0 saturated carbocycles. The normalized spacial score (nSPS) is 10.5. The molecule has 0 atom stereocenters. The van der Waals surface area contributed by atoms with Gasteiger partial charge in [0.2, 0.25) is 0 Å². The van der Waals surface area contributed by atoms with Crippen molar-refractivity contribution in [2.75, 3.05) is 0 Å². The number of rotatable bonds is 3. The first-order valence-electron chi connectivity index (χ1n) is 5.37. The number of hydrogen-bond acceptors (Lipinski definition) is 1. The van der Waals surface area contributed by atoms with Gasteiger partial charge in [-0.15, -0.1) is 0 Å². The highest BCUT2D eigenvalue weighted by atomic mass is 79.9. The minimum Gasteiger partial charge on any atom is -0.289 e. The molecule has 5 heteroatoms. The molecule has 0 aliphatic heterocycles. The quantitative estimate of drug-likeness (QED) is 0.495. The van der Waals surface area contributed by atoms with Crippen molar-refractivity contribution in [1.82, 2.24) is 0 Å². The number of carbonyl (C=O) groups excluding carboxylic acids is 1. The Labute approximate surface area is 132 Å². The minimum absolute atomic E-state index is 0.112. The summed E-state index contributed by atoms with van der Waals surface area (Å²) in [5, 5.41) is 0.818. The van der Waals surface area contributed by atoms with Gasteiger partial charge in [-0.3, -0.25) is 4.79 Å². The van der Waals surface area contributed by atoms with Gasteiger partial charge in [-0.25, -0.2) is 4.39 Å². The zero-order valence-corrected chi connectivity index (χ0v) is 13.5. The fraction of sp³-hybridized carbons (Fsp3) is 0.0714. The van der Waals surface area contributed by atoms with Crippen molar-refractivity contribution in [1.29, 1.82) is 0 Å². The molecule has 0 aromatic heterocycles. The summed E-state index contributed by atoms with van der Waals surface area (Å²) in [4.78, 5) is 12.4. The SMILES string of the molecule is O=C(c1ccc(F)cc1Cl)c1ccc(CBr)cc1Br. The first-order valence-corrected chi connectivity index (χ1v) is 7.66. The minimum atomic E-state index is -0.463. The zero-order chi connectivity index (χ0) is 14.0. The van der Waals surface area contributed by atoms with Crippen molar-refractivity contribution in [3.8, 4) is 0 Å². The molecule has 0 amide bonds. The summed E-state index contributed by atoms with van der Waals surface area (Å²) in [6.45, 7) is 0. The molecule has 2 aromatic carbocycles. The highest BCUT2D eigenvalue weighted by molar-refractivity contribution is 9.10. The van der Waals surface area contributed by atoms with Crippen LogP contribution in [-0.4, -0.2) is 5.78 Å². The topological polar surface area (TPSA) is 17.1 Å². The molecule has 0 bridgehead atoms. The van der Waals surface area contributed by atoms with E-state index in [1.165, 1.54) is 12.1 Å². The lowest BCUT2D eigenvalue weighted by atomic mass is 10.0. The van der Waals surface area contributed by atoms with E-state index in [1.54, 1.807) is 6.07 Å². The molecular weight excluding hydrogens is 398 g/mol. The highest BCUT2D eigenvalue weighted by Crippen LogP contribution is 2.26. The van der Waals surface area contributed by atoms with Crippen LogP contribution in [0.2, 0.25) is 5.02 Å². The molecule has 19 heavy (non-hydrogen) atoms. The van der Waals surface area contributed by atoms with Gasteiger partial charge in [0.15, 0.2) is 5.78 Å². The largest absolute Gasteiger partial charge is 0.289 e. The summed E-state index contributed by atoms with van der Waals surface area (Å²) in [6, 6.07) is 9.19. The molecular formula is C14H8Br2ClFO. The average Bonchev–Trinajstić information content (AvgIpc) is 2.37. The van der Waals surface area contributed by atoms with E-state index in [4.69, 9.17) is 11.6 Å². The van der Waals surface area contributed by atoms with Crippen molar-refractivity contribution < 1.29 is 9.18 Å². The highest BCUT2D eigenvalue weighted by Gasteiger charge is 2.16. The van der Waals surface area contributed by atoms with Crippen LogP contribution in [0.5, 0.6) is 0 Å². The fourth-order valence-corrected chi connectivity index (χ4v) is 2.85. The molecule has 0 fully saturated rings. The molecule has 0 N–H and O–H groups in total. The van der Waals surface area contributed by atoms with Crippen molar-refractivity contribution in [3.05, 3.63) is 68.4 Å². The lowest BCUT2D eigenvalue weighted by molar-refractivity contribution is 0.103. The van der Waals surface area contributed by atoms with Gasteiger partial charge in [-0.2, -0.15) is 0 Å². The summed E-state index contributed by atoms with van der Waals surface area (Å²) in [7, 11) is 0. The maximum absolute atomic E-state index is 13.0. The Morgan fingerprint density at radius 1 is 1.16 bits per heavy atom. The number of halogens is 4. The maximum Gasteiger partial charge on any atom is 0.195 e. The molecule has 0 radical (unpaired) electrons. The smallest absolute Gasteiger partial charge is 0.195 e. The average molecular weight is 406 g/mol. The summed E-state index contributed by atoms with van der Waals surface area (Å²) < 4.78 is 13.7. The van der Waals surface area contributed by atoms with Gasteiger partial charge in [-0.1, -0.05) is 49.5 Å². The van der Waals surface area contributed by atoms with Crippen LogP contribution in [0.15, 0.2) is 40.9 Å². The van der Waals surface area contributed by atoms with Crippen molar-refractivity contribution in [2.24, 2.45) is 0 Å². The maximum atomic E-state index is 13.0. The van der Waals surface area contributed by atoms with E-state index in [0.29, 0.717) is 15.4 Å². The predicted molar refractivity (Wildman–Crippen MR) is 81.6 cm³/mol. The molecule has 0 heterocycles. The Morgan fingerprint density at radius 3 is 2.42 bits per heavy atom. The molecule has 98 valence electrons.